The number of nitrogens with two attached hydrogens (primary N) is 1. The van der Waals surface area contributed by atoms with Gasteiger partial charge in [-0.3, -0.25) is 0 Å². The molecule has 0 radical (unpaired) electrons. The third kappa shape index (κ3) is 1.13. The Morgan fingerprint density at radius 3 is 1.73 bits per heavy atom. The van der Waals surface area contributed by atoms with Crippen LogP contribution in [-0.4, -0.2) is 11.7 Å². The summed E-state index contributed by atoms with van der Waals surface area (Å²) in [6.07, 6.45) is -3.11. The maximum absolute atomic E-state index is 12.2. The van der Waals surface area contributed by atoms with Gasteiger partial charge in [-0.25, -0.2) is 0 Å². The summed E-state index contributed by atoms with van der Waals surface area (Å²) in [5.74, 6) is 0. The first-order valence-corrected chi connectivity index (χ1v) is 3.56. The van der Waals surface area contributed by atoms with Crippen LogP contribution in [0.25, 0.3) is 0 Å². The maximum atomic E-state index is 12.2. The highest BCUT2D eigenvalue weighted by Crippen LogP contribution is 2.57. The van der Waals surface area contributed by atoms with Crippen LogP contribution in [0.1, 0.15) is 26.7 Å². The van der Waals surface area contributed by atoms with Gasteiger partial charge in [0, 0.05) is 0 Å². The Bertz CT molecular complexity index is 160. The van der Waals surface area contributed by atoms with Crippen LogP contribution in [-0.2, 0) is 0 Å². The summed E-state index contributed by atoms with van der Waals surface area (Å²) in [7, 11) is 0. The lowest BCUT2D eigenvalue weighted by molar-refractivity contribution is -0.198. The number of halogens is 3. The van der Waals surface area contributed by atoms with E-state index >= 15 is 0 Å². The first kappa shape index (κ1) is 8.84. The van der Waals surface area contributed by atoms with Crippen molar-refractivity contribution in [1.29, 1.82) is 0 Å². The number of rotatable bonds is 1. The van der Waals surface area contributed by atoms with Crippen LogP contribution in [0.15, 0.2) is 0 Å². The molecule has 1 fully saturated rings. The van der Waals surface area contributed by atoms with Crippen LogP contribution >= 0.6 is 0 Å². The molecule has 2 N–H and O–H groups in total. The zero-order valence-corrected chi connectivity index (χ0v) is 6.63. The molecule has 1 rings (SSSR count). The second-order valence-corrected chi connectivity index (χ2v) is 3.76. The molecule has 0 aromatic carbocycles. The molecule has 1 unspecified atom stereocenters. The number of hydrogen-bond acceptors (Lipinski definition) is 1. The molecule has 0 aromatic heterocycles. The minimum atomic E-state index is -4.28. The molecular formula is C7H12F3N. The van der Waals surface area contributed by atoms with Crippen LogP contribution in [0.5, 0.6) is 0 Å². The van der Waals surface area contributed by atoms with Crippen molar-refractivity contribution < 1.29 is 13.2 Å². The van der Waals surface area contributed by atoms with Gasteiger partial charge in [0.1, 0.15) is 5.54 Å². The van der Waals surface area contributed by atoms with Crippen molar-refractivity contribution in [2.75, 3.05) is 0 Å². The normalized spacial score (nSPS) is 27.8. The largest absolute Gasteiger partial charge is 0.406 e. The molecule has 0 bridgehead atoms. The van der Waals surface area contributed by atoms with E-state index in [0.29, 0.717) is 12.8 Å². The molecule has 0 amide bonds. The van der Waals surface area contributed by atoms with E-state index in [4.69, 9.17) is 5.73 Å². The van der Waals surface area contributed by atoms with Crippen molar-refractivity contribution in [3.63, 3.8) is 0 Å². The predicted molar refractivity (Wildman–Crippen MR) is 36.0 cm³/mol. The third-order valence-corrected chi connectivity index (χ3v) is 2.84. The molecule has 0 aliphatic heterocycles. The van der Waals surface area contributed by atoms with Gasteiger partial charge in [0.2, 0.25) is 0 Å². The van der Waals surface area contributed by atoms with E-state index in [1.54, 1.807) is 6.92 Å². The summed E-state index contributed by atoms with van der Waals surface area (Å²) < 4.78 is 36.7. The monoisotopic (exact) mass is 167 g/mol. The molecule has 4 heteroatoms. The van der Waals surface area contributed by atoms with E-state index in [1.165, 1.54) is 0 Å². The van der Waals surface area contributed by atoms with Gasteiger partial charge in [-0.05, 0) is 25.2 Å². The molecule has 1 aliphatic carbocycles. The molecule has 1 atom stereocenters. The van der Waals surface area contributed by atoms with Crippen LogP contribution in [0.3, 0.4) is 0 Å². The Morgan fingerprint density at radius 1 is 1.27 bits per heavy atom. The molecular weight excluding hydrogens is 155 g/mol. The van der Waals surface area contributed by atoms with E-state index in [-0.39, 0.29) is 0 Å². The highest BCUT2D eigenvalue weighted by molar-refractivity contribution is 5.09. The van der Waals surface area contributed by atoms with E-state index in [0.717, 1.165) is 6.92 Å². The Kier molecular flexibility index (Phi) is 1.54. The van der Waals surface area contributed by atoms with Crippen molar-refractivity contribution in [1.82, 2.24) is 0 Å². The van der Waals surface area contributed by atoms with E-state index in [2.05, 4.69) is 0 Å². The standard InChI is InChI=1S/C7H12F3N/c1-5(3-4-5)6(2,11)7(8,9)10/h3-4,11H2,1-2H3. The fourth-order valence-electron chi connectivity index (χ4n) is 1.05. The minimum absolute atomic E-state index is 0.583. The lowest BCUT2D eigenvalue weighted by atomic mass is 9.84. The highest BCUT2D eigenvalue weighted by atomic mass is 19.4. The van der Waals surface area contributed by atoms with Gasteiger partial charge in [-0.2, -0.15) is 13.2 Å². The fraction of sp³-hybridized carbons (Fsp3) is 1.00. The number of alkyl halides is 3. The summed E-state index contributed by atoms with van der Waals surface area (Å²) >= 11 is 0. The predicted octanol–water partition coefficient (Wildman–Crippen LogP) is 2.07. The maximum Gasteiger partial charge on any atom is 0.406 e. The second-order valence-electron chi connectivity index (χ2n) is 3.76. The van der Waals surface area contributed by atoms with Crippen LogP contribution in [0.2, 0.25) is 0 Å². The van der Waals surface area contributed by atoms with Crippen molar-refractivity contribution >= 4 is 0 Å². The molecule has 0 spiro atoms. The average Bonchev–Trinajstić information content (AvgIpc) is 2.45. The minimum Gasteiger partial charge on any atom is -0.317 e. The van der Waals surface area contributed by atoms with Crippen molar-refractivity contribution in [3.8, 4) is 0 Å². The first-order chi connectivity index (χ1) is 4.71. The molecule has 66 valence electrons. The van der Waals surface area contributed by atoms with Gasteiger partial charge in [-0.1, -0.05) is 6.92 Å². The Morgan fingerprint density at radius 2 is 1.64 bits per heavy atom. The van der Waals surface area contributed by atoms with Gasteiger partial charge in [0.25, 0.3) is 0 Å². The Hall–Kier alpha value is -0.250. The first-order valence-electron chi connectivity index (χ1n) is 3.56. The fourth-order valence-corrected chi connectivity index (χ4v) is 1.05. The zero-order valence-electron chi connectivity index (χ0n) is 6.63. The zero-order chi connectivity index (χ0) is 8.91. The van der Waals surface area contributed by atoms with Gasteiger partial charge in [-0.15, -0.1) is 0 Å². The molecule has 1 saturated carbocycles. The van der Waals surface area contributed by atoms with Gasteiger partial charge in [0.15, 0.2) is 0 Å². The summed E-state index contributed by atoms with van der Waals surface area (Å²) in [5, 5.41) is 0. The van der Waals surface area contributed by atoms with Gasteiger partial charge < -0.3 is 5.73 Å². The lowest BCUT2D eigenvalue weighted by Gasteiger charge is -2.33. The highest BCUT2D eigenvalue weighted by Gasteiger charge is 2.64. The number of hydrogen-bond donors (Lipinski definition) is 1. The topological polar surface area (TPSA) is 26.0 Å². The van der Waals surface area contributed by atoms with Crippen molar-refractivity contribution in [2.24, 2.45) is 11.1 Å². The van der Waals surface area contributed by atoms with Crippen molar-refractivity contribution in [3.05, 3.63) is 0 Å². The van der Waals surface area contributed by atoms with E-state index < -0.39 is 17.1 Å². The summed E-state index contributed by atoms with van der Waals surface area (Å²) in [5.41, 5.74) is 2.48. The SMILES string of the molecule is CC1(C(C)(N)C(F)(F)F)CC1. The molecule has 1 aliphatic rings. The Labute approximate surface area is 63.8 Å². The molecule has 0 aromatic rings. The smallest absolute Gasteiger partial charge is 0.317 e. The molecule has 0 saturated heterocycles. The van der Waals surface area contributed by atoms with Gasteiger partial charge >= 0.3 is 6.18 Å². The molecule has 11 heavy (non-hydrogen) atoms. The lowest BCUT2D eigenvalue weighted by Crippen LogP contribution is -2.56. The molecule has 0 heterocycles. The average molecular weight is 167 g/mol. The Balaban J connectivity index is 2.82. The summed E-state index contributed by atoms with van der Waals surface area (Å²) in [6.45, 7) is 2.65. The summed E-state index contributed by atoms with van der Waals surface area (Å²) in [6, 6.07) is 0. The second kappa shape index (κ2) is 1.91. The third-order valence-electron chi connectivity index (χ3n) is 2.84. The van der Waals surface area contributed by atoms with Crippen LogP contribution in [0, 0.1) is 5.41 Å². The quantitative estimate of drug-likeness (QED) is 0.635. The van der Waals surface area contributed by atoms with Crippen molar-refractivity contribution in [2.45, 2.75) is 38.4 Å². The van der Waals surface area contributed by atoms with Crippen LogP contribution in [0.4, 0.5) is 13.2 Å². The summed E-state index contributed by atoms with van der Waals surface area (Å²) in [4.78, 5) is 0. The van der Waals surface area contributed by atoms with E-state index in [1.807, 2.05) is 0 Å². The van der Waals surface area contributed by atoms with Crippen LogP contribution < -0.4 is 5.73 Å². The molecule has 1 nitrogen and oxygen atoms in total. The van der Waals surface area contributed by atoms with E-state index in [9.17, 15) is 13.2 Å². The van der Waals surface area contributed by atoms with Gasteiger partial charge in [0.05, 0.1) is 0 Å².